The molecule has 184 valence electrons. The van der Waals surface area contributed by atoms with Gasteiger partial charge in [-0.1, -0.05) is 0 Å². The molecule has 4 rings (SSSR count). The highest BCUT2D eigenvalue weighted by Crippen LogP contribution is 2.26. The van der Waals surface area contributed by atoms with Gasteiger partial charge in [-0.3, -0.25) is 9.48 Å². The minimum Gasteiger partial charge on any atom is -0.444 e. The zero-order valence-electron chi connectivity index (χ0n) is 20.4. The van der Waals surface area contributed by atoms with Gasteiger partial charge in [-0.05, 0) is 45.0 Å². The number of ether oxygens (including phenoxy) is 1. The highest BCUT2D eigenvalue weighted by Gasteiger charge is 2.27. The molecule has 3 aromatic rings. The van der Waals surface area contributed by atoms with E-state index in [2.05, 4.69) is 15.4 Å². The van der Waals surface area contributed by atoms with Gasteiger partial charge in [0.15, 0.2) is 0 Å². The maximum Gasteiger partial charge on any atom is 0.410 e. The van der Waals surface area contributed by atoms with Crippen LogP contribution in [0.5, 0.6) is 0 Å². The quantitative estimate of drug-likeness (QED) is 0.572. The molecule has 4 heterocycles. The molecule has 35 heavy (non-hydrogen) atoms. The maximum atomic E-state index is 12.4. The summed E-state index contributed by atoms with van der Waals surface area (Å²) in [7, 11) is 1.83. The van der Waals surface area contributed by atoms with Crippen molar-refractivity contribution >= 4 is 29.5 Å². The van der Waals surface area contributed by atoms with Gasteiger partial charge >= 0.3 is 6.09 Å². The molecule has 0 spiro atoms. The number of nitrogens with two attached hydrogens (primary N) is 1. The smallest absolute Gasteiger partial charge is 0.410 e. The lowest BCUT2D eigenvalue weighted by Gasteiger charge is -2.36. The molecular weight excluding hydrogens is 448 g/mol. The zero-order chi connectivity index (χ0) is 25.2. The van der Waals surface area contributed by atoms with Crippen LogP contribution in [0.1, 0.15) is 31.1 Å². The van der Waals surface area contributed by atoms with Crippen molar-refractivity contribution < 1.29 is 14.3 Å². The van der Waals surface area contributed by atoms with E-state index in [1.54, 1.807) is 34.1 Å². The zero-order valence-corrected chi connectivity index (χ0v) is 20.4. The number of primary amides is 1. The first-order chi connectivity index (χ1) is 16.6. The van der Waals surface area contributed by atoms with Gasteiger partial charge in [0.05, 0.1) is 11.9 Å². The lowest BCUT2D eigenvalue weighted by Crippen LogP contribution is -2.50. The summed E-state index contributed by atoms with van der Waals surface area (Å²) in [5, 5.41) is 7.37. The van der Waals surface area contributed by atoms with E-state index in [4.69, 9.17) is 15.5 Å². The molecule has 1 fully saturated rings. The van der Waals surface area contributed by atoms with Crippen molar-refractivity contribution in [1.82, 2.24) is 24.6 Å². The largest absolute Gasteiger partial charge is 0.444 e. The molecule has 1 saturated heterocycles. The topological polar surface area (TPSA) is 132 Å². The number of carbonyl (C=O) groups is 2. The Bertz CT molecular complexity index is 1230. The van der Waals surface area contributed by atoms with E-state index < -0.39 is 11.5 Å². The van der Waals surface area contributed by atoms with Crippen LogP contribution in [0.25, 0.3) is 11.3 Å². The molecular formula is C24H30N8O3. The SMILES string of the molecule is Cn1nccc1Nc1cc(-c2cc(C(N)=O)cc(N3CCN(C(=O)OC(C)(C)C)CC3)n2)ccn1. The van der Waals surface area contributed by atoms with Gasteiger partial charge in [0.1, 0.15) is 23.1 Å². The number of rotatable bonds is 5. The van der Waals surface area contributed by atoms with Crippen LogP contribution in [0, 0.1) is 0 Å². The Morgan fingerprint density at radius 1 is 1.06 bits per heavy atom. The number of amides is 2. The highest BCUT2D eigenvalue weighted by atomic mass is 16.6. The van der Waals surface area contributed by atoms with E-state index in [1.165, 1.54) is 0 Å². The number of anilines is 3. The van der Waals surface area contributed by atoms with E-state index in [9.17, 15) is 9.59 Å². The molecule has 0 saturated carbocycles. The first kappa shape index (κ1) is 24.0. The second kappa shape index (κ2) is 9.61. The highest BCUT2D eigenvalue weighted by molar-refractivity contribution is 5.94. The normalized spacial score (nSPS) is 14.1. The first-order valence-electron chi connectivity index (χ1n) is 11.4. The Labute approximate surface area is 203 Å². The Hall–Kier alpha value is -4.15. The molecule has 3 aromatic heterocycles. The number of pyridine rings is 2. The number of hydrogen-bond donors (Lipinski definition) is 2. The van der Waals surface area contributed by atoms with Crippen molar-refractivity contribution in [3.05, 3.63) is 48.3 Å². The van der Waals surface area contributed by atoms with E-state index in [0.29, 0.717) is 49.1 Å². The molecule has 11 nitrogen and oxygen atoms in total. The monoisotopic (exact) mass is 478 g/mol. The van der Waals surface area contributed by atoms with Gasteiger partial charge in [-0.15, -0.1) is 0 Å². The van der Waals surface area contributed by atoms with Crippen molar-refractivity contribution in [2.24, 2.45) is 12.8 Å². The molecule has 1 aliphatic heterocycles. The van der Waals surface area contributed by atoms with Crippen LogP contribution in [-0.2, 0) is 11.8 Å². The summed E-state index contributed by atoms with van der Waals surface area (Å²) in [6, 6.07) is 8.88. The number of piperazine rings is 1. The van der Waals surface area contributed by atoms with E-state index in [1.807, 2.05) is 50.9 Å². The lowest BCUT2D eigenvalue weighted by atomic mass is 10.1. The minimum atomic E-state index is -0.546. The average molecular weight is 479 g/mol. The Kier molecular flexibility index (Phi) is 6.59. The predicted molar refractivity (Wildman–Crippen MR) is 132 cm³/mol. The second-order valence-corrected chi connectivity index (χ2v) is 9.31. The molecule has 0 unspecified atom stereocenters. The molecule has 1 aliphatic rings. The number of nitrogens with one attached hydrogen (secondary N) is 1. The maximum absolute atomic E-state index is 12.4. The standard InChI is InChI=1S/C24H30N8O3/c1-24(2,3)35-23(34)32-11-9-31(10-12-32)21-15-17(22(25)33)13-18(28-21)16-5-7-26-19(14-16)29-20-6-8-27-30(20)4/h5-8,13-15H,9-12H2,1-4H3,(H2,25,33)(H,26,29). The van der Waals surface area contributed by atoms with Crippen LogP contribution >= 0.6 is 0 Å². The molecule has 0 radical (unpaired) electrons. The van der Waals surface area contributed by atoms with Gasteiger partial charge in [-0.2, -0.15) is 5.10 Å². The van der Waals surface area contributed by atoms with E-state index in [0.717, 1.165) is 11.4 Å². The third-order valence-corrected chi connectivity index (χ3v) is 5.48. The summed E-state index contributed by atoms with van der Waals surface area (Å²) in [5.41, 5.74) is 6.82. The van der Waals surface area contributed by atoms with Crippen molar-refractivity contribution in [3.8, 4) is 11.3 Å². The van der Waals surface area contributed by atoms with Gasteiger partial charge in [0, 0.05) is 56.6 Å². The van der Waals surface area contributed by atoms with Crippen LogP contribution in [-0.4, -0.2) is 68.4 Å². The molecule has 3 N–H and O–H groups in total. The Balaban J connectivity index is 1.55. The summed E-state index contributed by atoms with van der Waals surface area (Å²) >= 11 is 0. The molecule has 0 bridgehead atoms. The van der Waals surface area contributed by atoms with Crippen LogP contribution in [0.4, 0.5) is 22.2 Å². The molecule has 0 atom stereocenters. The van der Waals surface area contributed by atoms with Gasteiger partial charge in [-0.25, -0.2) is 14.8 Å². The number of carbonyl (C=O) groups excluding carboxylic acids is 2. The summed E-state index contributed by atoms with van der Waals surface area (Å²) in [5.74, 6) is 1.49. The predicted octanol–water partition coefficient (Wildman–Crippen LogP) is 2.78. The minimum absolute atomic E-state index is 0.332. The molecule has 2 amide bonds. The number of aryl methyl sites for hydroxylation is 1. The summed E-state index contributed by atoms with van der Waals surface area (Å²) < 4.78 is 7.18. The molecule has 0 aliphatic carbocycles. The van der Waals surface area contributed by atoms with Gasteiger partial charge in [0.25, 0.3) is 0 Å². The van der Waals surface area contributed by atoms with Crippen LogP contribution in [0.3, 0.4) is 0 Å². The van der Waals surface area contributed by atoms with Crippen molar-refractivity contribution in [2.75, 3.05) is 36.4 Å². The van der Waals surface area contributed by atoms with Crippen molar-refractivity contribution in [2.45, 2.75) is 26.4 Å². The summed E-state index contributed by atoms with van der Waals surface area (Å²) in [4.78, 5) is 37.4. The van der Waals surface area contributed by atoms with Gasteiger partial charge < -0.3 is 25.6 Å². The number of hydrogen-bond acceptors (Lipinski definition) is 8. The van der Waals surface area contributed by atoms with Crippen LogP contribution in [0.15, 0.2) is 42.7 Å². The fourth-order valence-corrected chi connectivity index (χ4v) is 3.70. The fraction of sp³-hybridized carbons (Fsp3) is 0.375. The number of aromatic nitrogens is 4. The van der Waals surface area contributed by atoms with E-state index >= 15 is 0 Å². The Morgan fingerprint density at radius 3 is 2.43 bits per heavy atom. The van der Waals surface area contributed by atoms with Crippen LogP contribution < -0.4 is 16.0 Å². The average Bonchev–Trinajstić information content (AvgIpc) is 3.22. The Morgan fingerprint density at radius 2 is 1.80 bits per heavy atom. The summed E-state index contributed by atoms with van der Waals surface area (Å²) in [6.45, 7) is 7.62. The lowest BCUT2D eigenvalue weighted by molar-refractivity contribution is 0.0240. The first-order valence-corrected chi connectivity index (χ1v) is 11.4. The van der Waals surface area contributed by atoms with Crippen molar-refractivity contribution in [1.29, 1.82) is 0 Å². The van der Waals surface area contributed by atoms with E-state index in [-0.39, 0.29) is 6.09 Å². The molecule has 0 aromatic carbocycles. The third-order valence-electron chi connectivity index (χ3n) is 5.48. The van der Waals surface area contributed by atoms with Crippen molar-refractivity contribution in [3.63, 3.8) is 0 Å². The number of nitrogens with zero attached hydrogens (tertiary/aromatic N) is 6. The van der Waals surface area contributed by atoms with Crippen LogP contribution in [0.2, 0.25) is 0 Å². The molecule has 11 heteroatoms. The van der Waals surface area contributed by atoms with Gasteiger partial charge in [0.2, 0.25) is 5.91 Å². The fourth-order valence-electron chi connectivity index (χ4n) is 3.70. The third kappa shape index (κ3) is 5.86. The second-order valence-electron chi connectivity index (χ2n) is 9.31. The summed E-state index contributed by atoms with van der Waals surface area (Å²) in [6.07, 6.45) is 3.03.